The van der Waals surface area contributed by atoms with Gasteiger partial charge in [0.1, 0.15) is 30.6 Å². The van der Waals surface area contributed by atoms with Gasteiger partial charge in [-0.2, -0.15) is 10.4 Å². The number of nitrogens with zero attached hydrogens (tertiary/aromatic N) is 4. The molecule has 0 bridgehead atoms. The standard InChI is InChI=1S/C21H25N5O7/c1-4-15(27)30-9-13-18(31-16(28)5-2)19(32-17(29)6-3)21(10-22,33-13)14-8-7-12-20(23)24-11-25-26(12)14/h7-8,11,13,18-19H,4-6,9H2,1-3H3,(H2,23,24,25)/t13-,18-,19-,21+/m1/s1/i7D. The first-order valence-electron chi connectivity index (χ1n) is 10.9. The van der Waals surface area contributed by atoms with E-state index in [0.717, 1.165) is 6.33 Å². The van der Waals surface area contributed by atoms with E-state index in [1.807, 2.05) is 6.07 Å². The van der Waals surface area contributed by atoms with Crippen LogP contribution in [0.4, 0.5) is 5.82 Å². The Morgan fingerprint density at radius 3 is 2.55 bits per heavy atom. The van der Waals surface area contributed by atoms with E-state index >= 15 is 0 Å². The molecule has 2 N–H and O–H groups in total. The topological polar surface area (TPSA) is 168 Å². The van der Waals surface area contributed by atoms with Gasteiger partial charge in [-0.1, -0.05) is 20.8 Å². The Hall–Kier alpha value is -3.72. The molecule has 1 aliphatic rings. The van der Waals surface area contributed by atoms with Crippen molar-refractivity contribution in [1.82, 2.24) is 14.6 Å². The number of fused-ring (bicyclic) bond motifs is 1. The maximum atomic E-state index is 12.3. The van der Waals surface area contributed by atoms with Crippen LogP contribution < -0.4 is 5.73 Å². The van der Waals surface area contributed by atoms with Crippen LogP contribution in [-0.4, -0.2) is 57.4 Å². The lowest BCUT2D eigenvalue weighted by Crippen LogP contribution is -2.46. The lowest BCUT2D eigenvalue weighted by Gasteiger charge is -2.28. The molecule has 1 fully saturated rings. The molecule has 33 heavy (non-hydrogen) atoms. The Labute approximate surface area is 191 Å². The first-order chi connectivity index (χ1) is 16.2. The number of rotatable bonds is 8. The molecule has 1 aliphatic heterocycles. The van der Waals surface area contributed by atoms with Crippen LogP contribution in [0.5, 0.6) is 0 Å². The third kappa shape index (κ3) is 4.45. The van der Waals surface area contributed by atoms with Crippen molar-refractivity contribution in [2.75, 3.05) is 12.3 Å². The number of ether oxygens (including phenoxy) is 4. The number of esters is 3. The zero-order valence-corrected chi connectivity index (χ0v) is 18.4. The minimum atomic E-state index is -2.07. The van der Waals surface area contributed by atoms with E-state index in [9.17, 15) is 19.6 Å². The van der Waals surface area contributed by atoms with Crippen molar-refractivity contribution in [3.8, 4) is 6.07 Å². The predicted octanol–water partition coefficient (Wildman–Crippen LogP) is 1.03. The minimum absolute atomic E-state index is 0.000645. The smallest absolute Gasteiger partial charge is 0.306 e. The van der Waals surface area contributed by atoms with E-state index in [1.54, 1.807) is 20.8 Å². The summed E-state index contributed by atoms with van der Waals surface area (Å²) >= 11 is 0. The fourth-order valence-corrected chi connectivity index (χ4v) is 3.45. The number of nitrogen functional groups attached to an aromatic ring is 1. The van der Waals surface area contributed by atoms with Crippen LogP contribution in [0.1, 0.15) is 47.1 Å². The van der Waals surface area contributed by atoms with Gasteiger partial charge < -0.3 is 24.7 Å². The minimum Gasteiger partial charge on any atom is -0.463 e. The number of hydrogen-bond donors (Lipinski definition) is 1. The number of carbonyl (C=O) groups excluding carboxylic acids is 3. The van der Waals surface area contributed by atoms with Gasteiger partial charge in [0.2, 0.25) is 5.60 Å². The number of hydrogen-bond acceptors (Lipinski definition) is 11. The van der Waals surface area contributed by atoms with Crippen molar-refractivity contribution in [3.05, 3.63) is 24.1 Å². The molecule has 0 amide bonds. The summed E-state index contributed by atoms with van der Waals surface area (Å²) in [6.45, 7) is 4.36. The highest BCUT2D eigenvalue weighted by Crippen LogP contribution is 2.43. The molecular weight excluding hydrogens is 434 g/mol. The number of nitrogens with two attached hydrogens (primary N) is 1. The lowest BCUT2D eigenvalue weighted by atomic mass is 9.92. The van der Waals surface area contributed by atoms with Gasteiger partial charge in [-0.05, 0) is 12.1 Å². The molecule has 12 heteroatoms. The lowest BCUT2D eigenvalue weighted by molar-refractivity contribution is -0.169. The van der Waals surface area contributed by atoms with Crippen LogP contribution in [0, 0.1) is 11.3 Å². The number of carbonyl (C=O) groups is 3. The molecule has 176 valence electrons. The predicted molar refractivity (Wildman–Crippen MR) is 111 cm³/mol. The Bertz CT molecular complexity index is 1150. The van der Waals surface area contributed by atoms with E-state index in [4.69, 9.17) is 26.1 Å². The van der Waals surface area contributed by atoms with Gasteiger partial charge in [-0.3, -0.25) is 14.4 Å². The van der Waals surface area contributed by atoms with Crippen LogP contribution in [-0.2, 0) is 38.9 Å². The van der Waals surface area contributed by atoms with E-state index in [2.05, 4.69) is 10.1 Å². The molecule has 1 saturated heterocycles. The van der Waals surface area contributed by atoms with Gasteiger partial charge in [0.15, 0.2) is 18.0 Å². The van der Waals surface area contributed by atoms with Crippen molar-refractivity contribution in [2.45, 2.75) is 63.9 Å². The highest BCUT2D eigenvalue weighted by atomic mass is 16.7. The average Bonchev–Trinajstić information content (AvgIpc) is 3.33. The second-order valence-electron chi connectivity index (χ2n) is 7.19. The van der Waals surface area contributed by atoms with Gasteiger partial charge >= 0.3 is 17.9 Å². The summed E-state index contributed by atoms with van der Waals surface area (Å²) in [4.78, 5) is 40.2. The fourth-order valence-electron chi connectivity index (χ4n) is 3.45. The van der Waals surface area contributed by atoms with Crippen LogP contribution >= 0.6 is 0 Å². The monoisotopic (exact) mass is 460 g/mol. The molecule has 0 unspecified atom stereocenters. The summed E-state index contributed by atoms with van der Waals surface area (Å²) in [5, 5.41) is 14.4. The largest absolute Gasteiger partial charge is 0.463 e. The van der Waals surface area contributed by atoms with E-state index < -0.39 is 41.8 Å². The molecule has 2 aromatic heterocycles. The van der Waals surface area contributed by atoms with E-state index in [1.165, 1.54) is 10.6 Å². The second kappa shape index (κ2) is 9.83. The highest BCUT2D eigenvalue weighted by molar-refractivity contribution is 5.71. The fraction of sp³-hybridized carbons (Fsp3) is 0.524. The Morgan fingerprint density at radius 1 is 1.24 bits per heavy atom. The molecular formula is C21H25N5O7. The first-order valence-corrected chi connectivity index (χ1v) is 10.4. The van der Waals surface area contributed by atoms with E-state index in [0.29, 0.717) is 0 Å². The molecule has 0 saturated carbocycles. The molecule has 2 aromatic rings. The number of nitriles is 1. The van der Waals surface area contributed by atoms with Crippen molar-refractivity contribution in [3.63, 3.8) is 0 Å². The van der Waals surface area contributed by atoms with E-state index in [-0.39, 0.29) is 48.9 Å². The first kappa shape index (κ1) is 22.5. The van der Waals surface area contributed by atoms with Gasteiger partial charge in [0.25, 0.3) is 0 Å². The molecule has 12 nitrogen and oxygen atoms in total. The van der Waals surface area contributed by atoms with Gasteiger partial charge in [-0.15, -0.1) is 0 Å². The van der Waals surface area contributed by atoms with Gasteiger partial charge in [-0.25, -0.2) is 9.50 Å². The molecule has 0 aromatic carbocycles. The van der Waals surface area contributed by atoms with Crippen molar-refractivity contribution in [2.24, 2.45) is 0 Å². The SMILES string of the molecule is [2H]c1cc([C@]2(C#N)O[C@H](COC(=O)CC)[C@@H](OC(=O)CC)[C@H]2OC(=O)CC)n2ncnc(N)c12. The zero-order valence-electron chi connectivity index (χ0n) is 19.4. The highest BCUT2D eigenvalue weighted by Gasteiger charge is 2.62. The van der Waals surface area contributed by atoms with Crippen LogP contribution in [0.2, 0.25) is 0 Å². The van der Waals surface area contributed by atoms with Gasteiger partial charge in [0, 0.05) is 19.3 Å². The summed E-state index contributed by atoms with van der Waals surface area (Å²) in [5.74, 6) is -1.87. The second-order valence-corrected chi connectivity index (χ2v) is 7.19. The molecule has 0 aliphatic carbocycles. The molecule has 3 rings (SSSR count). The summed E-state index contributed by atoms with van der Waals surface area (Å²) in [6, 6.07) is 3.20. The number of aromatic nitrogens is 3. The normalized spacial score (nSPS) is 24.7. The zero-order chi connectivity index (χ0) is 25.0. The van der Waals surface area contributed by atoms with Crippen LogP contribution in [0.3, 0.4) is 0 Å². The maximum absolute atomic E-state index is 12.3. The molecule has 4 atom stereocenters. The third-order valence-corrected chi connectivity index (χ3v) is 5.14. The molecule has 0 spiro atoms. The van der Waals surface area contributed by atoms with Gasteiger partial charge in [0.05, 0.1) is 7.06 Å². The van der Waals surface area contributed by atoms with Crippen LogP contribution in [0.15, 0.2) is 18.4 Å². The Kier molecular flexibility index (Phi) is 6.69. The summed E-state index contributed by atoms with van der Waals surface area (Å²) in [5.41, 5.74) is 3.95. The van der Waals surface area contributed by atoms with Crippen molar-refractivity contribution in [1.29, 1.82) is 5.26 Å². The maximum Gasteiger partial charge on any atom is 0.306 e. The van der Waals surface area contributed by atoms with Crippen molar-refractivity contribution < 1.29 is 34.7 Å². The Morgan fingerprint density at radius 2 is 1.91 bits per heavy atom. The van der Waals surface area contributed by atoms with Crippen LogP contribution in [0.25, 0.3) is 5.52 Å². The summed E-state index contributed by atoms with van der Waals surface area (Å²) in [7, 11) is 0. The third-order valence-electron chi connectivity index (χ3n) is 5.14. The average molecular weight is 460 g/mol. The quantitative estimate of drug-likeness (QED) is 0.441. The van der Waals surface area contributed by atoms with Crippen molar-refractivity contribution >= 4 is 29.2 Å². The molecule has 3 heterocycles. The summed E-state index contributed by atoms with van der Waals surface area (Å²) in [6.07, 6.45) is -2.71. The number of anilines is 1. The Balaban J connectivity index is 2.19. The molecule has 0 radical (unpaired) electrons. The summed E-state index contributed by atoms with van der Waals surface area (Å²) < 4.78 is 31.8.